The molecule has 1 fully saturated rings. The maximum Gasteiger partial charge on any atom is 0.237 e. The van der Waals surface area contributed by atoms with Crippen LogP contribution in [0.4, 0.5) is 0 Å². The molecule has 0 radical (unpaired) electrons. The van der Waals surface area contributed by atoms with Crippen molar-refractivity contribution in [2.45, 2.75) is 19.0 Å². The number of carbonyl (C=O) groups is 2. The highest BCUT2D eigenvalue weighted by molar-refractivity contribution is 5.88. The van der Waals surface area contributed by atoms with Gasteiger partial charge in [0.05, 0.1) is 25.2 Å². The summed E-state index contributed by atoms with van der Waals surface area (Å²) in [4.78, 5) is 28.5. The monoisotopic (exact) mass is 368 g/mol. The molecule has 0 saturated carbocycles. The predicted molar refractivity (Wildman–Crippen MR) is 101 cm³/mol. The average molecular weight is 368 g/mol. The Bertz CT molecular complexity index is 774. The van der Waals surface area contributed by atoms with Gasteiger partial charge in [-0.2, -0.15) is 0 Å². The molecule has 3 rings (SSSR count). The number of rotatable bonds is 7. The topological polar surface area (TPSA) is 78.7 Å². The average Bonchev–Trinajstić information content (AvgIpc) is 3.18. The van der Waals surface area contributed by atoms with Crippen LogP contribution in [0.25, 0.3) is 6.08 Å². The van der Waals surface area contributed by atoms with E-state index in [0.29, 0.717) is 31.9 Å². The fourth-order valence-corrected chi connectivity index (χ4v) is 3.06. The number of aromatic nitrogens is 1. The van der Waals surface area contributed by atoms with Gasteiger partial charge >= 0.3 is 0 Å². The molecule has 7 nitrogen and oxygen atoms in total. The molecular weight excluding hydrogens is 344 g/mol. The van der Waals surface area contributed by atoms with E-state index >= 15 is 0 Å². The minimum Gasteiger partial charge on any atom is -0.360 e. The third-order valence-electron chi connectivity index (χ3n) is 4.57. The van der Waals surface area contributed by atoms with Crippen molar-refractivity contribution in [2.75, 3.05) is 26.7 Å². The van der Waals surface area contributed by atoms with Crippen LogP contribution in [0.2, 0.25) is 0 Å². The fourth-order valence-electron chi connectivity index (χ4n) is 3.06. The Hall–Kier alpha value is -2.93. The number of carbonyl (C=O) groups excluding carboxylic acids is 2. The highest BCUT2D eigenvalue weighted by Crippen LogP contribution is 2.13. The lowest BCUT2D eigenvalue weighted by atomic mass is 10.1. The first-order chi connectivity index (χ1) is 13.1. The molecule has 2 amide bonds. The summed E-state index contributed by atoms with van der Waals surface area (Å²) in [5.41, 5.74) is 1.11. The van der Waals surface area contributed by atoms with Gasteiger partial charge in [0.1, 0.15) is 0 Å². The summed E-state index contributed by atoms with van der Waals surface area (Å²) >= 11 is 0. The van der Waals surface area contributed by atoms with E-state index in [4.69, 9.17) is 4.52 Å². The predicted octanol–water partition coefficient (Wildman–Crippen LogP) is 1.54. The van der Waals surface area contributed by atoms with Gasteiger partial charge < -0.3 is 14.7 Å². The van der Waals surface area contributed by atoms with E-state index in [-0.39, 0.29) is 18.2 Å². The molecule has 0 bridgehead atoms. The summed E-state index contributed by atoms with van der Waals surface area (Å²) in [6.45, 7) is 2.26. The summed E-state index contributed by atoms with van der Waals surface area (Å²) in [6, 6.07) is 11.3. The quantitative estimate of drug-likeness (QED) is 0.802. The summed E-state index contributed by atoms with van der Waals surface area (Å²) in [6.07, 6.45) is 5.74. The second-order valence-electron chi connectivity index (χ2n) is 6.55. The smallest absolute Gasteiger partial charge is 0.237 e. The second kappa shape index (κ2) is 9.14. The molecule has 0 aliphatic carbocycles. The molecular formula is C20H24N4O3. The molecule has 2 heterocycles. The van der Waals surface area contributed by atoms with Crippen LogP contribution >= 0.6 is 0 Å². The van der Waals surface area contributed by atoms with Gasteiger partial charge in [0, 0.05) is 32.7 Å². The molecule has 1 aliphatic heterocycles. The van der Waals surface area contributed by atoms with E-state index in [1.165, 1.54) is 0 Å². The Morgan fingerprint density at radius 1 is 1.37 bits per heavy atom. The molecule has 1 aliphatic rings. The van der Waals surface area contributed by atoms with Gasteiger partial charge in [0.2, 0.25) is 11.8 Å². The van der Waals surface area contributed by atoms with Crippen LogP contribution in [0.3, 0.4) is 0 Å². The molecule has 1 aromatic heterocycles. The molecule has 2 aromatic rings. The van der Waals surface area contributed by atoms with Crippen molar-refractivity contribution in [3.8, 4) is 0 Å². The van der Waals surface area contributed by atoms with Crippen molar-refractivity contribution in [2.24, 2.45) is 0 Å². The Balaban J connectivity index is 1.59. The number of hydrogen-bond acceptors (Lipinski definition) is 5. The maximum atomic E-state index is 12.6. The van der Waals surface area contributed by atoms with Gasteiger partial charge in [-0.1, -0.05) is 47.6 Å². The lowest BCUT2D eigenvalue weighted by Crippen LogP contribution is -2.56. The van der Waals surface area contributed by atoms with Crippen LogP contribution in [0.1, 0.15) is 17.7 Å². The highest BCUT2D eigenvalue weighted by Gasteiger charge is 2.31. The van der Waals surface area contributed by atoms with E-state index < -0.39 is 6.04 Å². The van der Waals surface area contributed by atoms with E-state index in [1.54, 1.807) is 24.2 Å². The van der Waals surface area contributed by atoms with E-state index in [9.17, 15) is 9.59 Å². The first-order valence-corrected chi connectivity index (χ1v) is 9.00. The van der Waals surface area contributed by atoms with Crippen LogP contribution < -0.4 is 5.32 Å². The first kappa shape index (κ1) is 18.8. The number of piperazine rings is 1. The molecule has 0 spiro atoms. The van der Waals surface area contributed by atoms with Crippen molar-refractivity contribution < 1.29 is 14.1 Å². The fraction of sp³-hybridized carbons (Fsp3) is 0.350. The van der Waals surface area contributed by atoms with Crippen molar-refractivity contribution in [3.63, 3.8) is 0 Å². The normalized spacial score (nSPS) is 17.8. The van der Waals surface area contributed by atoms with Gasteiger partial charge in [-0.25, -0.2) is 0 Å². The standard InChI is InChI=1S/C20H24N4O3/c1-23(15-17-9-10-22-27-17)19(25)14-18-20(26)21-11-13-24(18)12-5-8-16-6-3-2-4-7-16/h2-10,18H,11-15H2,1H3,(H,21,26). The molecule has 1 aromatic carbocycles. The van der Waals surface area contributed by atoms with Crippen molar-refractivity contribution >= 4 is 17.9 Å². The van der Waals surface area contributed by atoms with Gasteiger partial charge in [0.15, 0.2) is 5.76 Å². The Labute approximate surface area is 158 Å². The van der Waals surface area contributed by atoms with E-state index in [0.717, 1.165) is 5.56 Å². The Kier molecular flexibility index (Phi) is 6.38. The van der Waals surface area contributed by atoms with Gasteiger partial charge in [-0.3, -0.25) is 14.5 Å². The first-order valence-electron chi connectivity index (χ1n) is 9.00. The number of nitrogens with zero attached hydrogens (tertiary/aromatic N) is 3. The third kappa shape index (κ3) is 5.27. The zero-order valence-corrected chi connectivity index (χ0v) is 15.4. The van der Waals surface area contributed by atoms with Crippen LogP contribution in [-0.2, 0) is 16.1 Å². The van der Waals surface area contributed by atoms with Crippen LogP contribution in [0, 0.1) is 0 Å². The molecule has 142 valence electrons. The minimum atomic E-state index is -0.469. The van der Waals surface area contributed by atoms with E-state index in [1.807, 2.05) is 47.4 Å². The number of nitrogens with one attached hydrogen (secondary N) is 1. The summed E-state index contributed by atoms with van der Waals surface area (Å²) in [5, 5.41) is 6.50. The molecule has 1 atom stereocenters. The zero-order valence-electron chi connectivity index (χ0n) is 15.4. The van der Waals surface area contributed by atoms with Crippen molar-refractivity contribution in [1.82, 2.24) is 20.3 Å². The lowest BCUT2D eigenvalue weighted by Gasteiger charge is -2.34. The van der Waals surface area contributed by atoms with Gasteiger partial charge in [0.25, 0.3) is 0 Å². The maximum absolute atomic E-state index is 12.6. The highest BCUT2D eigenvalue weighted by atomic mass is 16.5. The number of benzene rings is 1. The summed E-state index contributed by atoms with van der Waals surface area (Å²) in [7, 11) is 1.70. The third-order valence-corrected chi connectivity index (χ3v) is 4.57. The Morgan fingerprint density at radius 2 is 2.19 bits per heavy atom. The van der Waals surface area contributed by atoms with E-state index in [2.05, 4.69) is 10.5 Å². The van der Waals surface area contributed by atoms with Gasteiger partial charge in [-0.15, -0.1) is 0 Å². The Morgan fingerprint density at radius 3 is 2.93 bits per heavy atom. The molecule has 1 N–H and O–H groups in total. The SMILES string of the molecule is CN(Cc1ccno1)C(=O)CC1C(=O)NCCN1CC=Cc1ccccc1. The molecule has 7 heteroatoms. The molecule has 27 heavy (non-hydrogen) atoms. The summed E-state index contributed by atoms with van der Waals surface area (Å²) in [5.74, 6) is 0.405. The number of hydrogen-bond donors (Lipinski definition) is 1. The second-order valence-corrected chi connectivity index (χ2v) is 6.55. The van der Waals surface area contributed by atoms with Crippen molar-refractivity contribution in [1.29, 1.82) is 0 Å². The molecule has 1 saturated heterocycles. The molecule has 1 unspecified atom stereocenters. The number of amides is 2. The summed E-state index contributed by atoms with van der Waals surface area (Å²) < 4.78 is 5.04. The lowest BCUT2D eigenvalue weighted by molar-refractivity contribution is -0.138. The van der Waals surface area contributed by atoms with Crippen LogP contribution in [0.15, 0.2) is 53.2 Å². The minimum absolute atomic E-state index is 0.101. The van der Waals surface area contributed by atoms with Crippen LogP contribution in [-0.4, -0.2) is 59.5 Å². The zero-order chi connectivity index (χ0) is 19.1. The van der Waals surface area contributed by atoms with Gasteiger partial charge in [-0.05, 0) is 5.56 Å². The van der Waals surface area contributed by atoms with Crippen LogP contribution in [0.5, 0.6) is 0 Å². The largest absolute Gasteiger partial charge is 0.360 e. The van der Waals surface area contributed by atoms with Crippen molar-refractivity contribution in [3.05, 3.63) is 60.0 Å².